The molecule has 0 saturated heterocycles. The predicted molar refractivity (Wildman–Crippen MR) is 115 cm³/mol. The molecule has 3 aromatic rings. The Kier molecular flexibility index (Phi) is 5.62. The van der Waals surface area contributed by atoms with Gasteiger partial charge in [-0.05, 0) is 42.8 Å². The lowest BCUT2D eigenvalue weighted by Crippen LogP contribution is -2.39. The molecule has 1 amide bonds. The topological polar surface area (TPSA) is 93.8 Å². The number of rotatable bonds is 5. The van der Waals surface area contributed by atoms with Gasteiger partial charge in [0.15, 0.2) is 0 Å². The van der Waals surface area contributed by atoms with Crippen LogP contribution in [-0.4, -0.2) is 48.6 Å². The van der Waals surface area contributed by atoms with Crippen LogP contribution in [0.3, 0.4) is 0 Å². The Balaban J connectivity index is 1.64. The average Bonchev–Trinajstić information content (AvgIpc) is 2.82. The Morgan fingerprint density at radius 1 is 1.00 bits per heavy atom. The number of carbonyl (C=O) groups is 1. The van der Waals surface area contributed by atoms with E-state index in [1.807, 2.05) is 12.1 Å². The van der Waals surface area contributed by atoms with Gasteiger partial charge in [0.05, 0.1) is 39.1 Å². The number of nitrogens with zero attached hydrogens (tertiary/aromatic N) is 2. The maximum absolute atomic E-state index is 13.2. The first-order valence-corrected chi connectivity index (χ1v) is 9.82. The van der Waals surface area contributed by atoms with Crippen LogP contribution in [0.4, 0.5) is 0 Å². The number of methoxy groups -OCH3 is 3. The Morgan fingerprint density at radius 3 is 2.39 bits per heavy atom. The first-order chi connectivity index (χ1) is 15.0. The van der Waals surface area contributed by atoms with Crippen molar-refractivity contribution in [2.24, 2.45) is 0 Å². The molecule has 8 heteroatoms. The molecule has 0 aliphatic carbocycles. The van der Waals surface area contributed by atoms with Crippen LogP contribution >= 0.6 is 0 Å². The van der Waals surface area contributed by atoms with Crippen molar-refractivity contribution in [2.45, 2.75) is 13.0 Å². The SMILES string of the molecule is COc1ccc(-c2nc3c(c(=O)[nH]2)CCN(C(=O)c2ccc(OC)cc2OC)C3)cc1. The van der Waals surface area contributed by atoms with Crippen LogP contribution < -0.4 is 19.8 Å². The normalized spacial score (nSPS) is 12.8. The van der Waals surface area contributed by atoms with E-state index >= 15 is 0 Å². The fourth-order valence-corrected chi connectivity index (χ4v) is 3.64. The summed E-state index contributed by atoms with van der Waals surface area (Å²) in [4.78, 5) is 35.0. The third-order valence-electron chi connectivity index (χ3n) is 5.36. The summed E-state index contributed by atoms with van der Waals surface area (Å²) >= 11 is 0. The zero-order valence-electron chi connectivity index (χ0n) is 17.6. The second-order valence-electron chi connectivity index (χ2n) is 7.11. The van der Waals surface area contributed by atoms with Crippen LogP contribution in [0.1, 0.15) is 21.6 Å². The van der Waals surface area contributed by atoms with Crippen molar-refractivity contribution in [1.29, 1.82) is 0 Å². The van der Waals surface area contributed by atoms with Crippen molar-refractivity contribution in [3.8, 4) is 28.6 Å². The van der Waals surface area contributed by atoms with Crippen molar-refractivity contribution in [1.82, 2.24) is 14.9 Å². The average molecular weight is 421 g/mol. The van der Waals surface area contributed by atoms with Crippen LogP contribution in [0.5, 0.6) is 17.2 Å². The number of carbonyl (C=O) groups excluding carboxylic acids is 1. The number of amides is 1. The third kappa shape index (κ3) is 3.96. The first-order valence-electron chi connectivity index (χ1n) is 9.82. The van der Waals surface area contributed by atoms with Gasteiger partial charge in [0, 0.05) is 23.7 Å². The lowest BCUT2D eigenvalue weighted by Gasteiger charge is -2.28. The van der Waals surface area contributed by atoms with Crippen molar-refractivity contribution in [3.05, 3.63) is 69.6 Å². The molecule has 0 unspecified atom stereocenters. The Bertz CT molecular complexity index is 1170. The number of benzene rings is 2. The van der Waals surface area contributed by atoms with Gasteiger partial charge in [-0.1, -0.05) is 0 Å². The molecule has 0 fully saturated rings. The molecule has 160 valence electrons. The minimum Gasteiger partial charge on any atom is -0.497 e. The van der Waals surface area contributed by atoms with Gasteiger partial charge in [0.25, 0.3) is 11.5 Å². The molecule has 1 aromatic heterocycles. The standard InChI is InChI=1S/C23H23N3O5/c1-29-15-6-4-14(5-7-15)21-24-19-13-26(11-10-17(19)22(27)25-21)23(28)18-9-8-16(30-2)12-20(18)31-3/h4-9,12H,10-11,13H2,1-3H3,(H,24,25,27). The first kappa shape index (κ1) is 20.5. The zero-order chi connectivity index (χ0) is 22.0. The highest BCUT2D eigenvalue weighted by Gasteiger charge is 2.27. The van der Waals surface area contributed by atoms with Crippen LogP contribution in [0.2, 0.25) is 0 Å². The van der Waals surface area contributed by atoms with E-state index in [0.29, 0.717) is 52.9 Å². The molecule has 2 heterocycles. The lowest BCUT2D eigenvalue weighted by atomic mass is 10.0. The van der Waals surface area contributed by atoms with E-state index in [9.17, 15) is 9.59 Å². The number of ether oxygens (including phenoxy) is 3. The van der Waals surface area contributed by atoms with Crippen molar-refractivity contribution < 1.29 is 19.0 Å². The summed E-state index contributed by atoms with van der Waals surface area (Å²) in [7, 11) is 4.66. The van der Waals surface area contributed by atoms with E-state index in [0.717, 1.165) is 5.56 Å². The van der Waals surface area contributed by atoms with Crippen molar-refractivity contribution in [2.75, 3.05) is 27.9 Å². The van der Waals surface area contributed by atoms with Crippen LogP contribution in [0, 0.1) is 0 Å². The molecular formula is C23H23N3O5. The molecule has 0 atom stereocenters. The lowest BCUT2D eigenvalue weighted by molar-refractivity contribution is 0.0728. The summed E-state index contributed by atoms with van der Waals surface area (Å²) in [5.74, 6) is 2.04. The van der Waals surface area contributed by atoms with Crippen molar-refractivity contribution >= 4 is 5.91 Å². The van der Waals surface area contributed by atoms with Gasteiger partial charge in [-0.25, -0.2) is 4.98 Å². The molecule has 1 N–H and O–H groups in total. The quantitative estimate of drug-likeness (QED) is 0.681. The van der Waals surface area contributed by atoms with Crippen LogP contribution in [-0.2, 0) is 13.0 Å². The summed E-state index contributed by atoms with van der Waals surface area (Å²) in [6.07, 6.45) is 0.435. The number of aromatic nitrogens is 2. The highest BCUT2D eigenvalue weighted by molar-refractivity contribution is 5.97. The summed E-state index contributed by atoms with van der Waals surface area (Å²) in [5, 5.41) is 0. The second kappa shape index (κ2) is 8.51. The van der Waals surface area contributed by atoms with Crippen LogP contribution in [0.25, 0.3) is 11.4 Å². The van der Waals surface area contributed by atoms with Crippen LogP contribution in [0.15, 0.2) is 47.3 Å². The van der Waals surface area contributed by atoms with Gasteiger partial charge in [-0.2, -0.15) is 0 Å². The molecular weight excluding hydrogens is 398 g/mol. The van der Waals surface area contributed by atoms with E-state index in [4.69, 9.17) is 14.2 Å². The molecule has 0 saturated carbocycles. The number of H-pyrrole nitrogens is 1. The minimum atomic E-state index is -0.182. The maximum Gasteiger partial charge on any atom is 0.257 e. The van der Waals surface area contributed by atoms with E-state index < -0.39 is 0 Å². The Morgan fingerprint density at radius 2 is 1.71 bits per heavy atom. The molecule has 0 spiro atoms. The third-order valence-corrected chi connectivity index (χ3v) is 5.36. The van der Waals surface area contributed by atoms with Crippen molar-refractivity contribution in [3.63, 3.8) is 0 Å². The second-order valence-corrected chi connectivity index (χ2v) is 7.11. The number of fused-ring (bicyclic) bond motifs is 1. The van der Waals surface area contributed by atoms with Gasteiger partial charge >= 0.3 is 0 Å². The molecule has 31 heavy (non-hydrogen) atoms. The van der Waals surface area contributed by atoms with E-state index in [2.05, 4.69) is 9.97 Å². The Labute approximate surface area is 179 Å². The number of nitrogens with one attached hydrogen (secondary N) is 1. The zero-order valence-corrected chi connectivity index (χ0v) is 17.6. The summed E-state index contributed by atoms with van der Waals surface area (Å²) in [6, 6.07) is 12.4. The number of hydrogen-bond acceptors (Lipinski definition) is 6. The molecule has 2 aromatic carbocycles. The molecule has 1 aliphatic rings. The number of hydrogen-bond donors (Lipinski definition) is 1. The summed E-state index contributed by atoms with van der Waals surface area (Å²) in [5.41, 5.74) is 2.24. The smallest absolute Gasteiger partial charge is 0.257 e. The van der Waals surface area contributed by atoms with Gasteiger partial charge in [-0.3, -0.25) is 9.59 Å². The fourth-order valence-electron chi connectivity index (χ4n) is 3.64. The Hall–Kier alpha value is -3.81. The molecule has 0 radical (unpaired) electrons. The highest BCUT2D eigenvalue weighted by Crippen LogP contribution is 2.28. The van der Waals surface area contributed by atoms with Gasteiger partial charge in [0.2, 0.25) is 0 Å². The molecule has 8 nitrogen and oxygen atoms in total. The van der Waals surface area contributed by atoms with E-state index in [1.165, 1.54) is 7.11 Å². The highest BCUT2D eigenvalue weighted by atomic mass is 16.5. The largest absolute Gasteiger partial charge is 0.497 e. The van der Waals surface area contributed by atoms with Gasteiger partial charge < -0.3 is 24.1 Å². The van der Waals surface area contributed by atoms with E-state index in [1.54, 1.807) is 49.5 Å². The predicted octanol–water partition coefficient (Wildman–Crippen LogP) is 2.66. The molecule has 4 rings (SSSR count). The van der Waals surface area contributed by atoms with Gasteiger partial charge in [-0.15, -0.1) is 0 Å². The summed E-state index contributed by atoms with van der Waals surface area (Å²) < 4.78 is 15.8. The van der Waals surface area contributed by atoms with Gasteiger partial charge in [0.1, 0.15) is 23.1 Å². The maximum atomic E-state index is 13.2. The fraction of sp³-hybridized carbons (Fsp3) is 0.261. The number of aromatic amines is 1. The summed E-state index contributed by atoms with van der Waals surface area (Å²) in [6.45, 7) is 0.671. The monoisotopic (exact) mass is 421 g/mol. The van der Waals surface area contributed by atoms with E-state index in [-0.39, 0.29) is 18.0 Å². The molecule has 1 aliphatic heterocycles. The minimum absolute atomic E-state index is 0.176. The molecule has 0 bridgehead atoms.